The van der Waals surface area contributed by atoms with Gasteiger partial charge in [0, 0.05) is 79.8 Å². The quantitative estimate of drug-likeness (QED) is 0.0791. The van der Waals surface area contributed by atoms with Crippen LogP contribution in [0.15, 0.2) is 425 Å². The maximum absolute atomic E-state index is 5.20. The van der Waals surface area contributed by atoms with Crippen molar-refractivity contribution in [2.24, 2.45) is 0 Å². The number of nitrogens with zero attached hydrogens (tertiary/aromatic N) is 14. The molecule has 0 radical (unpaired) electrons. The van der Waals surface area contributed by atoms with Crippen molar-refractivity contribution in [3.8, 4) is 204 Å². The molecule has 14 heteroatoms. The molecule has 14 nitrogen and oxygen atoms in total. The lowest BCUT2D eigenvalue weighted by Crippen LogP contribution is -1.99. The van der Waals surface area contributed by atoms with Crippen LogP contribution in [0, 0.1) is 0 Å². The van der Waals surface area contributed by atoms with Gasteiger partial charge < -0.3 is 0 Å². The standard InChI is InChI=1S/2C53H35N7/c1-5-17-36(18-6-1)46-35-49(58-52(57-46)39-23-11-4-12-24-39)41-26-15-25-40(31-41)42-32-50(43-27-13-14-30-54-43)56-51(33-42)44-28-16-29-45(55-44)53-59-47(37-19-7-2-8-20-37)34-48(60-53)38-21-9-3-10-22-38;1-5-16-37(17-6-1)45-34-46(58-52(57-45)40-20-9-3-10-21-40)39-28-26-36(27-29-39)42-32-49(44-25-13-14-30-54-44)56-50(33-42)51-43(24-15-31-55-51)48-35-47(38-18-7-2-8-19-38)59-53(60-48)41-22-11-4-12-23-41/h2*1-35H. The Morgan fingerprint density at radius 2 is 0.400 bits per heavy atom. The van der Waals surface area contributed by atoms with E-state index in [1.807, 2.05) is 261 Å². The van der Waals surface area contributed by atoms with Crippen LogP contribution in [0.25, 0.3) is 204 Å². The Morgan fingerprint density at radius 3 is 0.825 bits per heavy atom. The van der Waals surface area contributed by atoms with E-state index in [0.29, 0.717) is 51.8 Å². The van der Waals surface area contributed by atoms with E-state index >= 15 is 0 Å². The lowest BCUT2D eigenvalue weighted by molar-refractivity contribution is 1.14. The molecule has 20 rings (SSSR count). The monoisotopic (exact) mass is 1540 g/mol. The smallest absolute Gasteiger partial charge is 0.179 e. The molecule has 0 fully saturated rings. The van der Waals surface area contributed by atoms with E-state index in [4.69, 9.17) is 64.8 Å². The van der Waals surface area contributed by atoms with E-state index in [-0.39, 0.29) is 0 Å². The van der Waals surface area contributed by atoms with Gasteiger partial charge in [-0.25, -0.2) is 54.8 Å². The van der Waals surface area contributed by atoms with E-state index in [1.165, 1.54) is 0 Å². The summed E-state index contributed by atoms with van der Waals surface area (Å²) < 4.78 is 0. The van der Waals surface area contributed by atoms with Gasteiger partial charge in [0.1, 0.15) is 5.69 Å². The fourth-order valence-corrected chi connectivity index (χ4v) is 14.4. The zero-order valence-corrected chi connectivity index (χ0v) is 64.7. The number of hydrogen-bond acceptors (Lipinski definition) is 14. The van der Waals surface area contributed by atoms with Crippen LogP contribution in [0.4, 0.5) is 0 Å². The van der Waals surface area contributed by atoms with Crippen molar-refractivity contribution < 1.29 is 0 Å². The molecule has 0 bridgehead atoms. The average molecular weight is 1540 g/mol. The lowest BCUT2D eigenvalue weighted by Gasteiger charge is -2.14. The largest absolute Gasteiger partial charge is 0.255 e. The normalized spacial score (nSPS) is 11.0. The minimum absolute atomic E-state index is 0.528. The Bertz CT molecular complexity index is 6550. The molecule has 0 saturated carbocycles. The summed E-state index contributed by atoms with van der Waals surface area (Å²) in [5.74, 6) is 2.51. The van der Waals surface area contributed by atoms with Crippen LogP contribution in [-0.4, -0.2) is 69.8 Å². The summed E-state index contributed by atoms with van der Waals surface area (Å²) in [4.78, 5) is 70.2. The third-order valence-electron chi connectivity index (χ3n) is 20.4. The first-order chi connectivity index (χ1) is 59.4. The van der Waals surface area contributed by atoms with Crippen molar-refractivity contribution in [3.63, 3.8) is 0 Å². The average Bonchev–Trinajstić information content (AvgIpc) is 0.597. The summed E-state index contributed by atoms with van der Waals surface area (Å²) in [5.41, 5.74) is 27.6. The van der Waals surface area contributed by atoms with Crippen LogP contribution in [0.1, 0.15) is 0 Å². The highest BCUT2D eigenvalue weighted by atomic mass is 15.0. The summed E-state index contributed by atoms with van der Waals surface area (Å²) in [6.45, 7) is 0. The predicted octanol–water partition coefficient (Wildman–Crippen LogP) is 24.9. The van der Waals surface area contributed by atoms with Crippen molar-refractivity contribution in [3.05, 3.63) is 425 Å². The van der Waals surface area contributed by atoms with Gasteiger partial charge in [-0.15, -0.1) is 0 Å². The molecule has 0 unspecified atom stereocenters. The molecule has 0 N–H and O–H groups in total. The summed E-state index contributed by atoms with van der Waals surface area (Å²) in [6.07, 6.45) is 5.37. The van der Waals surface area contributed by atoms with E-state index in [0.717, 1.165) is 152 Å². The summed E-state index contributed by atoms with van der Waals surface area (Å²) >= 11 is 0. The predicted molar refractivity (Wildman–Crippen MR) is 480 cm³/mol. The van der Waals surface area contributed by atoms with Crippen molar-refractivity contribution in [2.75, 3.05) is 0 Å². The minimum Gasteiger partial charge on any atom is -0.255 e. The first kappa shape index (κ1) is 73.6. The van der Waals surface area contributed by atoms with E-state index in [9.17, 15) is 0 Å². The Labute approximate surface area is 694 Å². The first-order valence-corrected chi connectivity index (χ1v) is 39.4. The second kappa shape index (κ2) is 34.2. The van der Waals surface area contributed by atoms with Crippen LogP contribution < -0.4 is 0 Å². The van der Waals surface area contributed by atoms with Gasteiger partial charge in [0.15, 0.2) is 23.3 Å². The van der Waals surface area contributed by atoms with Crippen molar-refractivity contribution in [1.29, 1.82) is 0 Å². The van der Waals surface area contributed by atoms with Gasteiger partial charge in [-0.2, -0.15) is 0 Å². The maximum atomic E-state index is 5.20. The van der Waals surface area contributed by atoms with E-state index in [1.54, 1.807) is 18.6 Å². The topological polar surface area (TPSA) is 180 Å². The Kier molecular flexibility index (Phi) is 21.0. The Balaban J connectivity index is 0.000000159. The number of rotatable bonds is 18. The molecular weight excluding hydrogens is 1470 g/mol. The molecule has 0 atom stereocenters. The summed E-state index contributed by atoms with van der Waals surface area (Å²) in [7, 11) is 0. The van der Waals surface area contributed by atoms with Gasteiger partial charge in [-0.3, -0.25) is 15.0 Å². The van der Waals surface area contributed by atoms with E-state index < -0.39 is 0 Å². The van der Waals surface area contributed by atoms with Crippen molar-refractivity contribution in [1.82, 2.24) is 69.8 Å². The van der Waals surface area contributed by atoms with Crippen LogP contribution in [0.3, 0.4) is 0 Å². The van der Waals surface area contributed by atoms with Crippen LogP contribution in [0.5, 0.6) is 0 Å². The highest BCUT2D eigenvalue weighted by Crippen LogP contribution is 2.40. The number of hydrogen-bond donors (Lipinski definition) is 0. The first-order valence-electron chi connectivity index (χ1n) is 39.4. The van der Waals surface area contributed by atoms with Crippen molar-refractivity contribution >= 4 is 0 Å². The highest BCUT2D eigenvalue weighted by Gasteiger charge is 2.22. The molecule has 10 aromatic heterocycles. The second-order valence-electron chi connectivity index (χ2n) is 28.4. The Hall–Kier alpha value is -16.6. The maximum Gasteiger partial charge on any atom is 0.179 e. The third-order valence-corrected chi connectivity index (χ3v) is 20.4. The fourth-order valence-electron chi connectivity index (χ4n) is 14.4. The molecule has 20 aromatic rings. The van der Waals surface area contributed by atoms with Crippen LogP contribution in [0.2, 0.25) is 0 Å². The zero-order chi connectivity index (χ0) is 80.2. The van der Waals surface area contributed by atoms with Crippen LogP contribution in [-0.2, 0) is 0 Å². The van der Waals surface area contributed by atoms with Crippen LogP contribution >= 0.6 is 0 Å². The van der Waals surface area contributed by atoms with Gasteiger partial charge >= 0.3 is 0 Å². The molecule has 10 heterocycles. The number of aromatic nitrogens is 14. The number of benzene rings is 10. The second-order valence-corrected chi connectivity index (χ2v) is 28.4. The van der Waals surface area contributed by atoms with Gasteiger partial charge in [0.05, 0.1) is 91.1 Å². The van der Waals surface area contributed by atoms with Crippen molar-refractivity contribution in [2.45, 2.75) is 0 Å². The summed E-state index contributed by atoms with van der Waals surface area (Å²) in [6, 6.07) is 136. The SMILES string of the molecule is c1ccc(-c2cc(-c3ccc(-c4cc(-c5ccccn5)nc(-c5ncccc5-c5cc(-c6ccccc6)nc(-c6ccccc6)n5)c4)cc3)nc(-c3ccccc3)n2)cc1.c1ccc(-c2cc(-c3cccc(-c4cc(-c5ccccn5)nc(-c5cccc(-c6nc(-c7ccccc7)cc(-c7ccccc7)n6)n5)c4)c3)nc(-c3ccccc3)n2)cc1. The number of pyridine rings is 6. The molecule has 564 valence electrons. The fraction of sp³-hybridized carbons (Fsp3) is 0. The van der Waals surface area contributed by atoms with Gasteiger partial charge in [-0.1, -0.05) is 303 Å². The molecule has 0 aliphatic heterocycles. The minimum atomic E-state index is 0.528. The molecule has 0 spiro atoms. The molecular formula is C106H70N14. The van der Waals surface area contributed by atoms with E-state index in [2.05, 4.69) is 151 Å². The molecule has 0 aliphatic carbocycles. The molecule has 10 aromatic carbocycles. The third kappa shape index (κ3) is 16.6. The zero-order valence-electron chi connectivity index (χ0n) is 64.7. The molecule has 0 aliphatic rings. The lowest BCUT2D eigenvalue weighted by atomic mass is 9.98. The molecule has 0 amide bonds. The summed E-state index contributed by atoms with van der Waals surface area (Å²) in [5, 5.41) is 0. The Morgan fingerprint density at radius 1 is 0.117 bits per heavy atom. The molecule has 0 saturated heterocycles. The van der Waals surface area contributed by atoms with Gasteiger partial charge in [0.25, 0.3) is 0 Å². The molecule has 120 heavy (non-hydrogen) atoms. The van der Waals surface area contributed by atoms with Gasteiger partial charge in [0.2, 0.25) is 0 Å². The highest BCUT2D eigenvalue weighted by molar-refractivity contribution is 5.86. The van der Waals surface area contributed by atoms with Gasteiger partial charge in [-0.05, 0) is 125 Å².